The number of alkyl halides is 2. The van der Waals surface area contributed by atoms with E-state index in [1.54, 1.807) is 18.2 Å². The summed E-state index contributed by atoms with van der Waals surface area (Å²) in [5.74, 6) is -3.17. The summed E-state index contributed by atoms with van der Waals surface area (Å²) in [5.41, 5.74) is 0.435. The van der Waals surface area contributed by atoms with Gasteiger partial charge in [-0.15, -0.1) is 11.6 Å². The van der Waals surface area contributed by atoms with Gasteiger partial charge in [0.15, 0.2) is 24.0 Å². The predicted molar refractivity (Wildman–Crippen MR) is 127 cm³/mol. The molecular formula is C21H26ClF2N4O8P. The van der Waals surface area contributed by atoms with Gasteiger partial charge in [-0.1, -0.05) is 18.2 Å². The molecule has 1 aromatic heterocycles. The van der Waals surface area contributed by atoms with E-state index in [-0.39, 0.29) is 5.75 Å². The number of nitrogens with zero attached hydrogens (tertiary/aromatic N) is 2. The van der Waals surface area contributed by atoms with Crippen LogP contribution in [0.25, 0.3) is 0 Å². The highest BCUT2D eigenvalue weighted by Crippen LogP contribution is 2.49. The van der Waals surface area contributed by atoms with E-state index in [0.29, 0.717) is 10.8 Å². The molecule has 0 saturated carbocycles. The molecular weight excluding hydrogens is 541 g/mol. The van der Waals surface area contributed by atoms with Crippen molar-refractivity contribution >= 4 is 31.1 Å². The van der Waals surface area contributed by atoms with Gasteiger partial charge in [0.2, 0.25) is 0 Å². The molecule has 12 nitrogen and oxygen atoms in total. The van der Waals surface area contributed by atoms with Gasteiger partial charge in [-0.2, -0.15) is 10.1 Å². The summed E-state index contributed by atoms with van der Waals surface area (Å²) in [6.45, 7) is 1.86. The number of ether oxygens (including phenoxy) is 2. The molecule has 1 unspecified atom stereocenters. The van der Waals surface area contributed by atoms with E-state index in [2.05, 4.69) is 10.1 Å². The van der Waals surface area contributed by atoms with Crippen LogP contribution in [0.5, 0.6) is 5.75 Å². The largest absolute Gasteiger partial charge is 0.468 e. The van der Waals surface area contributed by atoms with Crippen LogP contribution in [-0.2, 0) is 23.4 Å². The Hall–Kier alpha value is -2.61. The fraction of sp³-hybridized carbons (Fsp3) is 0.476. The number of esters is 1. The second-order valence-corrected chi connectivity index (χ2v) is 10.6. The summed E-state index contributed by atoms with van der Waals surface area (Å²) in [6, 6.07) is 7.78. The van der Waals surface area contributed by atoms with Crippen molar-refractivity contribution in [2.75, 3.05) is 25.3 Å². The van der Waals surface area contributed by atoms with Gasteiger partial charge in [0, 0.05) is 0 Å². The second kappa shape index (κ2) is 11.0. The first-order valence-electron chi connectivity index (χ1n) is 10.7. The van der Waals surface area contributed by atoms with Crippen LogP contribution in [0.1, 0.15) is 20.1 Å². The van der Waals surface area contributed by atoms with Crippen molar-refractivity contribution in [2.45, 2.75) is 43.5 Å². The third kappa shape index (κ3) is 6.11. The molecule has 1 aromatic carbocycles. The van der Waals surface area contributed by atoms with E-state index in [9.17, 15) is 23.7 Å². The van der Waals surface area contributed by atoms with Crippen molar-refractivity contribution in [3.63, 3.8) is 0 Å². The highest BCUT2D eigenvalue weighted by Gasteiger charge is 2.57. The average molecular weight is 567 g/mol. The van der Waals surface area contributed by atoms with Gasteiger partial charge >= 0.3 is 19.4 Å². The molecule has 0 aliphatic carbocycles. The zero-order valence-corrected chi connectivity index (χ0v) is 21.6. The maximum atomic E-state index is 15.1. The Bertz CT molecular complexity index is 1240. The van der Waals surface area contributed by atoms with Gasteiger partial charge in [0.05, 0.1) is 25.8 Å². The number of aliphatic hydroxyl groups excluding tert-OH is 1. The highest BCUT2D eigenvalue weighted by molar-refractivity contribution is 7.52. The van der Waals surface area contributed by atoms with Crippen LogP contribution in [0.15, 0.2) is 41.3 Å². The minimum atomic E-state index is -4.48. The van der Waals surface area contributed by atoms with Crippen molar-refractivity contribution in [2.24, 2.45) is 0 Å². The Kier molecular flexibility index (Phi) is 8.62. The molecule has 0 amide bonds. The minimum Gasteiger partial charge on any atom is -0.468 e. The number of para-hydroxylation sites is 1. The normalized spacial score (nSPS) is 25.4. The van der Waals surface area contributed by atoms with E-state index in [0.717, 1.165) is 7.11 Å². The SMILES string of the molecule is COC(=O)C(C)(C)NP(=O)(OC[C@@]1(CCl)O[C@@H](n2cc(F)c(N)nc2=O)[C@@H](F)[C@@H]1O)Oc1ccccc1. The van der Waals surface area contributed by atoms with E-state index >= 15 is 4.39 Å². The lowest BCUT2D eigenvalue weighted by molar-refractivity contribution is -0.146. The number of halogens is 3. The number of carbonyl (C=O) groups is 1. The van der Waals surface area contributed by atoms with Crippen LogP contribution in [0, 0.1) is 5.82 Å². The van der Waals surface area contributed by atoms with E-state index in [1.807, 2.05) is 0 Å². The highest BCUT2D eigenvalue weighted by atomic mass is 35.5. The molecule has 0 spiro atoms. The van der Waals surface area contributed by atoms with Crippen LogP contribution in [0.3, 0.4) is 0 Å². The lowest BCUT2D eigenvalue weighted by Crippen LogP contribution is -2.50. The fourth-order valence-electron chi connectivity index (χ4n) is 3.48. The molecule has 2 heterocycles. The van der Waals surface area contributed by atoms with Gasteiger partial charge in [-0.25, -0.2) is 18.1 Å². The number of hydrogen-bond acceptors (Lipinski definition) is 10. The topological polar surface area (TPSA) is 164 Å². The Morgan fingerprint density at radius 2 is 2.05 bits per heavy atom. The van der Waals surface area contributed by atoms with Crippen LogP contribution in [0.2, 0.25) is 0 Å². The van der Waals surface area contributed by atoms with E-state index < -0.39 is 73.2 Å². The Balaban J connectivity index is 1.92. The summed E-state index contributed by atoms with van der Waals surface area (Å²) in [5, 5.41) is 13.1. The van der Waals surface area contributed by atoms with Crippen molar-refractivity contribution in [1.29, 1.82) is 0 Å². The summed E-state index contributed by atoms with van der Waals surface area (Å²) in [6.07, 6.45) is -5.63. The molecule has 4 N–H and O–H groups in total. The number of carbonyl (C=O) groups excluding carboxylic acids is 1. The van der Waals surface area contributed by atoms with Gasteiger partial charge < -0.3 is 24.8 Å². The number of nitrogens with one attached hydrogen (secondary N) is 1. The average Bonchev–Trinajstić information content (AvgIpc) is 3.10. The molecule has 0 radical (unpaired) electrons. The number of methoxy groups -OCH3 is 1. The van der Waals surface area contributed by atoms with Crippen LogP contribution in [-0.4, -0.2) is 63.6 Å². The van der Waals surface area contributed by atoms with Crippen molar-refractivity contribution in [3.8, 4) is 5.75 Å². The first-order valence-corrected chi connectivity index (χ1v) is 12.8. The van der Waals surface area contributed by atoms with E-state index in [4.69, 9.17) is 35.9 Å². The lowest BCUT2D eigenvalue weighted by Gasteiger charge is -2.33. The summed E-state index contributed by atoms with van der Waals surface area (Å²) in [7, 11) is -3.36. The van der Waals surface area contributed by atoms with Gasteiger partial charge in [0.25, 0.3) is 0 Å². The number of nitrogens with two attached hydrogens (primary N) is 1. The quantitative estimate of drug-likeness (QED) is 0.218. The monoisotopic (exact) mass is 566 g/mol. The maximum Gasteiger partial charge on any atom is 0.459 e. The molecule has 1 fully saturated rings. The number of anilines is 1. The first kappa shape index (κ1) is 29.0. The number of aliphatic hydroxyl groups is 1. The van der Waals surface area contributed by atoms with Crippen LogP contribution in [0.4, 0.5) is 14.6 Å². The zero-order chi connectivity index (χ0) is 27.6. The summed E-state index contributed by atoms with van der Waals surface area (Å²) < 4.78 is 64.6. The third-order valence-electron chi connectivity index (χ3n) is 5.46. The van der Waals surface area contributed by atoms with Crippen molar-refractivity contribution < 1.29 is 41.8 Å². The molecule has 1 saturated heterocycles. The fourth-order valence-corrected chi connectivity index (χ4v) is 5.50. The number of benzene rings is 1. The number of hydrogen-bond donors (Lipinski definition) is 3. The van der Waals surface area contributed by atoms with Gasteiger partial charge in [0.1, 0.15) is 23.0 Å². The zero-order valence-electron chi connectivity index (χ0n) is 20.0. The summed E-state index contributed by atoms with van der Waals surface area (Å²) in [4.78, 5) is 27.6. The third-order valence-corrected chi connectivity index (χ3v) is 7.67. The smallest absolute Gasteiger partial charge is 0.459 e. The predicted octanol–water partition coefficient (Wildman–Crippen LogP) is 1.91. The number of rotatable bonds is 10. The molecule has 2 aromatic rings. The van der Waals surface area contributed by atoms with Crippen molar-refractivity contribution in [1.82, 2.24) is 14.6 Å². The summed E-state index contributed by atoms with van der Waals surface area (Å²) >= 11 is 6.02. The Morgan fingerprint density at radius 1 is 1.41 bits per heavy atom. The Labute approximate surface area is 215 Å². The van der Waals surface area contributed by atoms with Gasteiger partial charge in [-0.3, -0.25) is 13.9 Å². The van der Waals surface area contributed by atoms with Crippen molar-refractivity contribution in [3.05, 3.63) is 52.8 Å². The maximum absolute atomic E-state index is 15.1. The molecule has 37 heavy (non-hydrogen) atoms. The Morgan fingerprint density at radius 3 is 2.65 bits per heavy atom. The standard InChI is InChI=1S/C21H26ClF2N4O8P/c1-20(2,18(30)33-3)27-37(32,36-12-7-5-4-6-8-12)34-11-21(10-22)15(29)14(24)17(35-21)28-9-13(23)16(25)26-19(28)31/h4-9,14-15,17,29H,10-11H2,1-3H3,(H,27,32)(H2,25,26,31)/t14-,15-,17+,21+,37?/m0/s1. The molecule has 3 rings (SSSR count). The molecule has 5 atom stereocenters. The lowest BCUT2D eigenvalue weighted by atomic mass is 9.99. The molecule has 204 valence electrons. The minimum absolute atomic E-state index is 0.0861. The molecule has 1 aliphatic heterocycles. The first-order chi connectivity index (χ1) is 17.3. The number of aromatic nitrogens is 2. The van der Waals surface area contributed by atoms with Gasteiger partial charge in [-0.05, 0) is 26.0 Å². The molecule has 1 aliphatic rings. The van der Waals surface area contributed by atoms with Crippen LogP contribution >= 0.6 is 19.3 Å². The number of nitrogen functional groups attached to an aromatic ring is 1. The van der Waals surface area contributed by atoms with Crippen LogP contribution < -0.4 is 21.0 Å². The molecule has 0 bridgehead atoms. The second-order valence-electron chi connectivity index (χ2n) is 8.66. The molecule has 16 heteroatoms. The van der Waals surface area contributed by atoms with E-state index in [1.165, 1.54) is 26.0 Å².